The van der Waals surface area contributed by atoms with Gasteiger partial charge in [0.15, 0.2) is 0 Å². The van der Waals surface area contributed by atoms with Crippen molar-refractivity contribution in [2.24, 2.45) is 0 Å². The van der Waals surface area contributed by atoms with Gasteiger partial charge in [0.05, 0.1) is 17.6 Å². The van der Waals surface area contributed by atoms with Crippen LogP contribution in [-0.2, 0) is 4.74 Å². The molecule has 7 nitrogen and oxygen atoms in total. The van der Waals surface area contributed by atoms with Gasteiger partial charge in [-0.15, -0.1) is 0 Å². The number of carboxylic acids is 1. The van der Waals surface area contributed by atoms with E-state index < -0.39 is 11.6 Å². The normalized spacial score (nSPS) is 22.9. The molecule has 0 aliphatic carbocycles. The van der Waals surface area contributed by atoms with Crippen molar-refractivity contribution >= 4 is 17.9 Å². The summed E-state index contributed by atoms with van der Waals surface area (Å²) in [5, 5.41) is 9.31. The van der Waals surface area contributed by atoms with Crippen LogP contribution in [0.3, 0.4) is 0 Å². The fraction of sp³-hybridized carbons (Fsp3) is 0.611. The van der Waals surface area contributed by atoms with E-state index in [2.05, 4.69) is 9.88 Å². The summed E-state index contributed by atoms with van der Waals surface area (Å²) in [5.41, 5.74) is 0.404. The lowest BCUT2D eigenvalue weighted by Gasteiger charge is -2.41. The number of aryl methyl sites for hydroxylation is 1. The molecule has 3 heterocycles. The zero-order valence-electron chi connectivity index (χ0n) is 15.2. The monoisotopic (exact) mass is 347 g/mol. The summed E-state index contributed by atoms with van der Waals surface area (Å²) < 4.78 is 5.54. The van der Waals surface area contributed by atoms with Gasteiger partial charge in [0, 0.05) is 19.3 Å². The number of ether oxygens (including phenoxy) is 1. The lowest BCUT2D eigenvalue weighted by Crippen LogP contribution is -2.57. The Morgan fingerprint density at radius 3 is 2.36 bits per heavy atom. The van der Waals surface area contributed by atoms with E-state index >= 15 is 0 Å². The van der Waals surface area contributed by atoms with E-state index in [0.29, 0.717) is 24.5 Å². The van der Waals surface area contributed by atoms with Crippen LogP contribution in [0.2, 0.25) is 0 Å². The number of carboxylic acid groups (broad SMARTS) is 1. The molecule has 3 rings (SSSR count). The third-order valence-corrected chi connectivity index (χ3v) is 4.73. The molecule has 2 atom stereocenters. The molecule has 0 radical (unpaired) electrons. The molecule has 1 aromatic rings. The van der Waals surface area contributed by atoms with E-state index in [4.69, 9.17) is 4.74 Å². The number of nitrogens with zero attached hydrogens (tertiary/aromatic N) is 3. The summed E-state index contributed by atoms with van der Waals surface area (Å²) in [6.45, 7) is 8.63. The maximum absolute atomic E-state index is 12.5. The Morgan fingerprint density at radius 1 is 1.24 bits per heavy atom. The predicted molar refractivity (Wildman–Crippen MR) is 93.0 cm³/mol. The van der Waals surface area contributed by atoms with E-state index in [0.717, 1.165) is 12.8 Å². The maximum atomic E-state index is 12.5. The Bertz CT molecular complexity index is 684. The van der Waals surface area contributed by atoms with Gasteiger partial charge < -0.3 is 14.7 Å². The highest BCUT2D eigenvalue weighted by Gasteiger charge is 2.44. The highest BCUT2D eigenvalue weighted by Crippen LogP contribution is 2.33. The fourth-order valence-electron chi connectivity index (χ4n) is 3.62. The van der Waals surface area contributed by atoms with Gasteiger partial charge in [-0.1, -0.05) is 0 Å². The number of hydrogen-bond acceptors (Lipinski definition) is 5. The number of piperazine rings is 1. The van der Waals surface area contributed by atoms with E-state index in [9.17, 15) is 14.7 Å². The number of fused-ring (bicyclic) bond motifs is 2. The third-order valence-electron chi connectivity index (χ3n) is 4.73. The number of amides is 1. The molecule has 0 aromatic carbocycles. The van der Waals surface area contributed by atoms with Crippen LogP contribution in [0.1, 0.15) is 49.5 Å². The van der Waals surface area contributed by atoms with Crippen molar-refractivity contribution in [2.45, 2.75) is 58.2 Å². The summed E-state index contributed by atoms with van der Waals surface area (Å²) in [5.74, 6) is -0.291. The van der Waals surface area contributed by atoms with Crippen LogP contribution in [0.4, 0.5) is 10.6 Å². The molecule has 2 aliphatic heterocycles. The lowest BCUT2D eigenvalue weighted by atomic mass is 10.1. The standard InChI is InChI=1S/C18H25N3O4/c1-11-8-19-15(7-14(11)16(22)23)20-9-12-5-6-13(10-20)21(12)17(24)25-18(2,3)4/h7-8,12-13H,5-6,9-10H2,1-4H3,(H,22,23). The van der Waals surface area contributed by atoms with Gasteiger partial charge >= 0.3 is 12.1 Å². The van der Waals surface area contributed by atoms with E-state index in [1.807, 2.05) is 25.7 Å². The molecule has 2 aliphatic rings. The molecule has 136 valence electrons. The van der Waals surface area contributed by atoms with Crippen LogP contribution in [-0.4, -0.2) is 57.8 Å². The highest BCUT2D eigenvalue weighted by atomic mass is 16.6. The van der Waals surface area contributed by atoms with Gasteiger partial charge in [0.2, 0.25) is 0 Å². The Labute approximate surface area is 147 Å². The van der Waals surface area contributed by atoms with Crippen LogP contribution < -0.4 is 4.90 Å². The van der Waals surface area contributed by atoms with E-state index in [1.165, 1.54) is 0 Å². The summed E-state index contributed by atoms with van der Waals surface area (Å²) in [7, 11) is 0. The summed E-state index contributed by atoms with van der Waals surface area (Å²) in [6, 6.07) is 1.77. The van der Waals surface area contributed by atoms with Gasteiger partial charge in [0.1, 0.15) is 11.4 Å². The number of aromatic nitrogens is 1. The number of hydrogen-bond donors (Lipinski definition) is 1. The van der Waals surface area contributed by atoms with Crippen molar-refractivity contribution in [3.63, 3.8) is 0 Å². The van der Waals surface area contributed by atoms with Crippen molar-refractivity contribution in [3.05, 3.63) is 23.4 Å². The summed E-state index contributed by atoms with van der Waals surface area (Å²) in [4.78, 5) is 32.2. The van der Waals surface area contributed by atoms with Crippen molar-refractivity contribution in [3.8, 4) is 0 Å². The highest BCUT2D eigenvalue weighted by molar-refractivity contribution is 5.90. The first kappa shape index (κ1) is 17.5. The smallest absolute Gasteiger partial charge is 0.410 e. The van der Waals surface area contributed by atoms with Gasteiger partial charge in [-0.2, -0.15) is 0 Å². The molecule has 2 bridgehead atoms. The molecule has 25 heavy (non-hydrogen) atoms. The van der Waals surface area contributed by atoms with Crippen LogP contribution in [0.15, 0.2) is 12.3 Å². The van der Waals surface area contributed by atoms with Crippen LogP contribution in [0, 0.1) is 6.92 Å². The quantitative estimate of drug-likeness (QED) is 0.886. The predicted octanol–water partition coefficient (Wildman–Crippen LogP) is 2.68. The average molecular weight is 347 g/mol. The van der Waals surface area contributed by atoms with Gasteiger partial charge in [-0.25, -0.2) is 14.6 Å². The van der Waals surface area contributed by atoms with E-state index in [-0.39, 0.29) is 23.7 Å². The van der Waals surface area contributed by atoms with Crippen LogP contribution in [0.5, 0.6) is 0 Å². The van der Waals surface area contributed by atoms with Crippen molar-refractivity contribution < 1.29 is 19.4 Å². The first-order valence-corrected chi connectivity index (χ1v) is 8.62. The number of aromatic carboxylic acids is 1. The molecule has 0 spiro atoms. The second-order valence-corrected chi connectivity index (χ2v) is 7.84. The first-order chi connectivity index (χ1) is 11.7. The second-order valence-electron chi connectivity index (χ2n) is 7.84. The molecule has 0 saturated carbocycles. The van der Waals surface area contributed by atoms with Crippen molar-refractivity contribution in [1.82, 2.24) is 9.88 Å². The largest absolute Gasteiger partial charge is 0.478 e. The Kier molecular flexibility index (Phi) is 4.34. The third kappa shape index (κ3) is 3.55. The number of rotatable bonds is 2. The maximum Gasteiger partial charge on any atom is 0.410 e. The molecular formula is C18H25N3O4. The van der Waals surface area contributed by atoms with Gasteiger partial charge in [0.25, 0.3) is 0 Å². The Morgan fingerprint density at radius 2 is 1.84 bits per heavy atom. The topological polar surface area (TPSA) is 83.0 Å². The average Bonchev–Trinajstić information content (AvgIpc) is 2.76. The zero-order chi connectivity index (χ0) is 18.4. The lowest BCUT2D eigenvalue weighted by molar-refractivity contribution is 0.0122. The van der Waals surface area contributed by atoms with Gasteiger partial charge in [-0.3, -0.25) is 4.90 Å². The number of carbonyl (C=O) groups excluding carboxylic acids is 1. The number of carbonyl (C=O) groups is 2. The van der Waals surface area contributed by atoms with Crippen molar-refractivity contribution in [1.29, 1.82) is 0 Å². The minimum Gasteiger partial charge on any atom is -0.478 e. The van der Waals surface area contributed by atoms with Crippen molar-refractivity contribution in [2.75, 3.05) is 18.0 Å². The molecule has 2 unspecified atom stereocenters. The Balaban J connectivity index is 1.77. The molecule has 2 fully saturated rings. The fourth-order valence-corrected chi connectivity index (χ4v) is 3.62. The molecule has 2 saturated heterocycles. The minimum absolute atomic E-state index is 0.0741. The van der Waals surface area contributed by atoms with E-state index in [1.54, 1.807) is 19.2 Å². The molecular weight excluding hydrogens is 322 g/mol. The zero-order valence-corrected chi connectivity index (χ0v) is 15.2. The first-order valence-electron chi connectivity index (χ1n) is 8.62. The molecule has 1 amide bonds. The molecule has 1 aromatic heterocycles. The van der Waals surface area contributed by atoms with Crippen LogP contribution in [0.25, 0.3) is 0 Å². The van der Waals surface area contributed by atoms with Gasteiger partial charge in [-0.05, 0) is 52.2 Å². The number of anilines is 1. The molecule has 7 heteroatoms. The minimum atomic E-state index is -0.948. The molecule has 1 N–H and O–H groups in total. The SMILES string of the molecule is Cc1cnc(N2CC3CCC(C2)N3C(=O)OC(C)(C)C)cc1C(=O)O. The summed E-state index contributed by atoms with van der Waals surface area (Å²) in [6.07, 6.45) is 3.19. The van der Waals surface area contributed by atoms with Crippen LogP contribution >= 0.6 is 0 Å². The number of pyridine rings is 1. The Hall–Kier alpha value is -2.31. The second kappa shape index (κ2) is 6.20. The summed E-state index contributed by atoms with van der Waals surface area (Å²) >= 11 is 0.